The molecule has 0 N–H and O–H groups in total. The van der Waals surface area contributed by atoms with Crippen molar-refractivity contribution in [2.24, 2.45) is 0 Å². The summed E-state index contributed by atoms with van der Waals surface area (Å²) in [5.41, 5.74) is 9.35. The van der Waals surface area contributed by atoms with Crippen LogP contribution in [0, 0.1) is 0 Å². The normalized spacial score (nSPS) is 11.6. The first-order valence-corrected chi connectivity index (χ1v) is 15.1. The highest BCUT2D eigenvalue weighted by molar-refractivity contribution is 6.09. The Morgan fingerprint density at radius 1 is 0.467 bits per heavy atom. The van der Waals surface area contributed by atoms with Gasteiger partial charge in [-0.25, -0.2) is 0 Å². The maximum atomic E-state index is 6.49. The zero-order chi connectivity index (χ0) is 29.7. The summed E-state index contributed by atoms with van der Waals surface area (Å²) in [5.74, 6) is 0. The number of rotatable bonds is 5. The molecule has 9 rings (SSSR count). The van der Waals surface area contributed by atoms with E-state index in [4.69, 9.17) is 9.40 Å². The fraction of sp³-hybridized carbons (Fsp3) is 0. The van der Waals surface area contributed by atoms with Crippen LogP contribution in [0.25, 0.3) is 60.5 Å². The van der Waals surface area contributed by atoms with E-state index in [1.807, 2.05) is 18.2 Å². The van der Waals surface area contributed by atoms with Crippen LogP contribution >= 0.6 is 0 Å². The number of hydrogen-bond donors (Lipinski definition) is 0. The number of anilines is 3. The molecule has 0 saturated carbocycles. The molecule has 0 aliphatic carbocycles. The van der Waals surface area contributed by atoms with Crippen molar-refractivity contribution in [2.75, 3.05) is 4.90 Å². The van der Waals surface area contributed by atoms with Gasteiger partial charge in [0, 0.05) is 21.8 Å². The van der Waals surface area contributed by atoms with Crippen LogP contribution in [0.15, 0.2) is 168 Å². The molecule has 45 heavy (non-hydrogen) atoms. The summed E-state index contributed by atoms with van der Waals surface area (Å²) in [6.45, 7) is 0. The molecule has 0 unspecified atom stereocenters. The van der Waals surface area contributed by atoms with Gasteiger partial charge in [0.15, 0.2) is 5.58 Å². The van der Waals surface area contributed by atoms with Gasteiger partial charge in [-0.3, -0.25) is 4.90 Å². The molecule has 0 saturated heterocycles. The average molecular weight is 578 g/mol. The van der Waals surface area contributed by atoms with E-state index < -0.39 is 0 Å². The molecular formula is C41H27N3O. The highest BCUT2D eigenvalue weighted by Gasteiger charge is 2.21. The summed E-state index contributed by atoms with van der Waals surface area (Å²) in [5, 5.41) is 4.71. The standard InChI is InChI=1S/C41H27N3O/c1-2-10-28(11-3-1)29-18-21-31(22-19-29)43(41-42-40-34-13-5-4-12-30(34)20-27-39(40)45-41)32-23-25-33(26-24-32)44-37-16-8-6-14-35(37)36-15-7-9-17-38(36)44/h1-27H. The van der Waals surface area contributed by atoms with Crippen LogP contribution < -0.4 is 4.90 Å². The summed E-state index contributed by atoms with van der Waals surface area (Å²) in [6.07, 6.45) is 0. The third kappa shape index (κ3) is 4.19. The summed E-state index contributed by atoms with van der Waals surface area (Å²) in [7, 11) is 0. The van der Waals surface area contributed by atoms with Crippen molar-refractivity contribution in [3.63, 3.8) is 0 Å². The number of fused-ring (bicyclic) bond motifs is 6. The Morgan fingerprint density at radius 3 is 1.71 bits per heavy atom. The van der Waals surface area contributed by atoms with Crippen LogP contribution in [0.5, 0.6) is 0 Å². The maximum Gasteiger partial charge on any atom is 0.307 e. The fourth-order valence-corrected chi connectivity index (χ4v) is 6.50. The molecule has 7 aromatic carbocycles. The van der Waals surface area contributed by atoms with Crippen molar-refractivity contribution >= 4 is 61.1 Å². The number of oxazole rings is 1. The fourth-order valence-electron chi connectivity index (χ4n) is 6.50. The van der Waals surface area contributed by atoms with Crippen LogP contribution in [0.4, 0.5) is 17.4 Å². The topological polar surface area (TPSA) is 34.2 Å². The lowest BCUT2D eigenvalue weighted by Gasteiger charge is -2.22. The lowest BCUT2D eigenvalue weighted by atomic mass is 10.1. The molecule has 0 amide bonds. The maximum absolute atomic E-state index is 6.49. The zero-order valence-corrected chi connectivity index (χ0v) is 24.3. The van der Waals surface area contributed by atoms with Crippen LogP contribution in [-0.2, 0) is 0 Å². The number of benzene rings is 7. The van der Waals surface area contributed by atoms with E-state index in [-0.39, 0.29) is 0 Å². The molecule has 9 aromatic rings. The molecule has 0 aliphatic rings. The minimum Gasteiger partial charge on any atom is -0.423 e. The minimum atomic E-state index is 0.526. The van der Waals surface area contributed by atoms with Crippen LogP contribution in [0.2, 0.25) is 0 Å². The molecule has 4 nitrogen and oxygen atoms in total. The first kappa shape index (κ1) is 25.4. The summed E-state index contributed by atoms with van der Waals surface area (Å²) >= 11 is 0. The largest absolute Gasteiger partial charge is 0.423 e. The first-order chi connectivity index (χ1) is 22.3. The molecule has 212 valence electrons. The van der Waals surface area contributed by atoms with Crippen molar-refractivity contribution in [1.29, 1.82) is 0 Å². The Labute approximate surface area is 260 Å². The van der Waals surface area contributed by atoms with Crippen LogP contribution in [0.1, 0.15) is 0 Å². The number of hydrogen-bond acceptors (Lipinski definition) is 3. The Bertz CT molecular complexity index is 2420. The van der Waals surface area contributed by atoms with E-state index >= 15 is 0 Å². The van der Waals surface area contributed by atoms with Crippen molar-refractivity contribution in [3.05, 3.63) is 164 Å². The smallest absolute Gasteiger partial charge is 0.307 e. The summed E-state index contributed by atoms with van der Waals surface area (Å²) in [6, 6.07) is 57.8. The van der Waals surface area contributed by atoms with Crippen molar-refractivity contribution in [2.45, 2.75) is 0 Å². The van der Waals surface area contributed by atoms with Gasteiger partial charge in [0.05, 0.1) is 22.4 Å². The molecule has 0 aliphatic heterocycles. The predicted molar refractivity (Wildman–Crippen MR) is 186 cm³/mol. The average Bonchev–Trinajstić information content (AvgIpc) is 3.69. The van der Waals surface area contributed by atoms with E-state index in [1.165, 1.54) is 27.4 Å². The van der Waals surface area contributed by atoms with Crippen molar-refractivity contribution in [3.8, 4) is 16.8 Å². The van der Waals surface area contributed by atoms with E-state index in [0.717, 1.165) is 44.5 Å². The lowest BCUT2D eigenvalue weighted by molar-refractivity contribution is 0.608. The second-order valence-electron chi connectivity index (χ2n) is 11.3. The molecule has 2 aromatic heterocycles. The first-order valence-electron chi connectivity index (χ1n) is 15.1. The number of nitrogens with zero attached hydrogens (tertiary/aromatic N) is 3. The van der Waals surface area contributed by atoms with Gasteiger partial charge in [0.2, 0.25) is 0 Å². The Hall–Kier alpha value is -6.13. The predicted octanol–water partition coefficient (Wildman–Crippen LogP) is 11.2. The molecule has 0 atom stereocenters. The van der Waals surface area contributed by atoms with Crippen LogP contribution in [0.3, 0.4) is 0 Å². The van der Waals surface area contributed by atoms with Gasteiger partial charge >= 0.3 is 6.01 Å². The molecule has 0 bridgehead atoms. The molecule has 2 heterocycles. The second-order valence-corrected chi connectivity index (χ2v) is 11.3. The van der Waals surface area contributed by atoms with E-state index in [9.17, 15) is 0 Å². The monoisotopic (exact) mass is 577 g/mol. The van der Waals surface area contributed by atoms with Gasteiger partial charge in [-0.15, -0.1) is 0 Å². The quantitative estimate of drug-likeness (QED) is 0.204. The lowest BCUT2D eigenvalue weighted by Crippen LogP contribution is -2.10. The molecule has 0 fully saturated rings. The van der Waals surface area contributed by atoms with Gasteiger partial charge in [-0.05, 0) is 71.1 Å². The van der Waals surface area contributed by atoms with Gasteiger partial charge in [-0.2, -0.15) is 4.98 Å². The van der Waals surface area contributed by atoms with Crippen molar-refractivity contribution < 1.29 is 4.42 Å². The SMILES string of the molecule is c1ccc(-c2ccc(N(c3ccc(-n4c5ccccc5c5ccccc54)cc3)c3nc4c(ccc5ccccc54)o3)cc2)cc1. The third-order valence-electron chi connectivity index (χ3n) is 8.64. The third-order valence-corrected chi connectivity index (χ3v) is 8.64. The van der Waals surface area contributed by atoms with Crippen molar-refractivity contribution in [1.82, 2.24) is 9.55 Å². The van der Waals surface area contributed by atoms with Gasteiger partial charge in [-0.1, -0.05) is 109 Å². The van der Waals surface area contributed by atoms with Crippen LogP contribution in [-0.4, -0.2) is 9.55 Å². The molecule has 0 radical (unpaired) electrons. The Kier molecular flexibility index (Phi) is 5.78. The summed E-state index contributed by atoms with van der Waals surface area (Å²) in [4.78, 5) is 7.18. The van der Waals surface area contributed by atoms with Gasteiger partial charge in [0.1, 0.15) is 5.52 Å². The van der Waals surface area contributed by atoms with Gasteiger partial charge < -0.3 is 8.98 Å². The van der Waals surface area contributed by atoms with E-state index in [1.54, 1.807) is 0 Å². The zero-order valence-electron chi connectivity index (χ0n) is 24.3. The minimum absolute atomic E-state index is 0.526. The second kappa shape index (κ2) is 10.2. The van der Waals surface area contributed by atoms with Gasteiger partial charge in [0.25, 0.3) is 0 Å². The highest BCUT2D eigenvalue weighted by atomic mass is 16.4. The molecular weight excluding hydrogens is 550 g/mol. The number of para-hydroxylation sites is 2. The Morgan fingerprint density at radius 2 is 1.02 bits per heavy atom. The molecule has 4 heteroatoms. The Balaban J connectivity index is 1.19. The van der Waals surface area contributed by atoms with E-state index in [0.29, 0.717) is 6.01 Å². The highest BCUT2D eigenvalue weighted by Crippen LogP contribution is 2.39. The summed E-state index contributed by atoms with van der Waals surface area (Å²) < 4.78 is 8.82. The molecule has 0 spiro atoms. The number of aromatic nitrogens is 2. The van der Waals surface area contributed by atoms with E-state index in [2.05, 4.69) is 155 Å².